The molecule has 2 aliphatic heterocycles. The van der Waals surface area contributed by atoms with E-state index in [1.54, 1.807) is 0 Å². The first kappa shape index (κ1) is 33.0. The van der Waals surface area contributed by atoms with Gasteiger partial charge in [0.1, 0.15) is 0 Å². The number of aliphatic imine (C=N–C) groups is 1. The van der Waals surface area contributed by atoms with Crippen LogP contribution in [0.15, 0.2) is 16.1 Å². The summed E-state index contributed by atoms with van der Waals surface area (Å²) in [4.78, 5) is 59.2. The lowest BCUT2D eigenvalue weighted by molar-refractivity contribution is -0.138. The normalized spacial score (nSPS) is 21.8. The quantitative estimate of drug-likeness (QED) is 0.199. The van der Waals surface area contributed by atoms with Gasteiger partial charge in [0.05, 0.1) is 5.71 Å². The number of aliphatic carboxylic acids is 2. The van der Waals surface area contributed by atoms with Crippen LogP contribution in [0.4, 0.5) is 0 Å². The molecule has 4 rings (SSSR count). The van der Waals surface area contributed by atoms with Crippen molar-refractivity contribution in [1.29, 1.82) is 0 Å². The van der Waals surface area contributed by atoms with Gasteiger partial charge in [-0.05, 0) is 80.0 Å². The largest absolute Gasteiger partial charge is 0.481 e. The third kappa shape index (κ3) is 6.77. The molecule has 10 nitrogen and oxygen atoms in total. The number of H-pyrrole nitrogens is 2. The Labute approximate surface area is 262 Å². The van der Waals surface area contributed by atoms with Gasteiger partial charge in [0.15, 0.2) is 0 Å². The zero-order valence-corrected chi connectivity index (χ0v) is 27.0. The van der Waals surface area contributed by atoms with E-state index >= 15 is 0 Å². The van der Waals surface area contributed by atoms with Crippen molar-refractivity contribution in [2.75, 3.05) is 0 Å². The van der Waals surface area contributed by atoms with E-state index in [4.69, 9.17) is 0 Å². The van der Waals surface area contributed by atoms with E-state index in [0.29, 0.717) is 35.9 Å². The molecule has 236 valence electrons. The number of carboxylic acid groups (broad SMARTS) is 2. The minimum absolute atomic E-state index is 0.00131. The Hall–Kier alpha value is -3.86. The minimum atomic E-state index is -0.917. The molecule has 4 heterocycles. The van der Waals surface area contributed by atoms with Crippen molar-refractivity contribution in [1.82, 2.24) is 15.3 Å². The summed E-state index contributed by atoms with van der Waals surface area (Å²) in [6, 6.07) is -0.123. The van der Waals surface area contributed by atoms with Crippen molar-refractivity contribution >= 4 is 54.2 Å². The number of rotatable bonds is 12. The van der Waals surface area contributed by atoms with E-state index in [2.05, 4.69) is 32.9 Å². The van der Waals surface area contributed by atoms with Crippen LogP contribution < -0.4 is 16.0 Å². The third-order valence-electron chi connectivity index (χ3n) is 9.15. The number of carbonyl (C=O) groups excluding carboxylic acids is 2. The molecule has 2 aliphatic rings. The van der Waals surface area contributed by atoms with Crippen LogP contribution in [0.25, 0.3) is 12.2 Å². The maximum atomic E-state index is 12.5. The first-order valence-corrected chi connectivity index (χ1v) is 15.6. The highest BCUT2D eigenvalue weighted by molar-refractivity contribution is 7.80. The Balaban J connectivity index is 1.85. The minimum Gasteiger partial charge on any atom is -0.481 e. The lowest BCUT2D eigenvalue weighted by atomic mass is 9.86. The molecule has 2 amide bonds. The maximum absolute atomic E-state index is 12.5. The van der Waals surface area contributed by atoms with E-state index in [9.17, 15) is 29.4 Å². The molecule has 1 unspecified atom stereocenters. The Morgan fingerprint density at radius 2 is 1.61 bits per heavy atom. The summed E-state index contributed by atoms with van der Waals surface area (Å²) < 4.78 is 0. The van der Waals surface area contributed by atoms with Gasteiger partial charge in [0.25, 0.3) is 5.91 Å². The molecule has 0 radical (unpaired) electrons. The molecule has 5 N–H and O–H groups in total. The fraction of sp³-hybridized carbons (Fsp3) is 0.485. The van der Waals surface area contributed by atoms with Crippen LogP contribution in [0.5, 0.6) is 0 Å². The predicted molar refractivity (Wildman–Crippen MR) is 172 cm³/mol. The monoisotopic (exact) mass is 622 g/mol. The molecule has 4 atom stereocenters. The van der Waals surface area contributed by atoms with Gasteiger partial charge in [-0.15, -0.1) is 0 Å². The summed E-state index contributed by atoms with van der Waals surface area (Å²) in [5.41, 5.74) is 7.19. The lowest BCUT2D eigenvalue weighted by Gasteiger charge is -2.24. The molecule has 1 saturated heterocycles. The average molecular weight is 623 g/mol. The van der Waals surface area contributed by atoms with Gasteiger partial charge < -0.3 is 25.5 Å². The number of carbonyl (C=O) groups is 4. The number of nitrogens with zero attached hydrogens (tertiary/aromatic N) is 1. The Morgan fingerprint density at radius 3 is 2.18 bits per heavy atom. The Bertz CT molecular complexity index is 1690. The number of allylic oxidation sites excluding steroid dienone is 1. The number of hydrogen-bond donors (Lipinski definition) is 6. The first-order valence-electron chi connectivity index (χ1n) is 15.1. The SMILES string of the molecule is CCC1=C(C)C(/C=c2/[nH]/c(=C\c3[nH]c(CC4NC(=O)[C@H](C)[C@H]4[C@@H](C)S)c(C)c3CCC(=O)O)c(CCC(=O)O)c2C)=NC1=O. The maximum Gasteiger partial charge on any atom is 0.303 e. The standard InChI is InChI=1S/C33H42N4O6S/c1-7-20-15(2)25(36-33(20)43)12-23-16(3)21(8-10-29(38)39)26(34-23)14-27-22(9-11-30(40)41)17(4)24(35-27)13-28-31(19(6)44)18(5)32(42)37-28/h12,14,18-19,28,31,34-35,44H,7-11,13H2,1-6H3,(H,37,42)(H,38,39)(H,40,41)/b23-12+,26-14-/t18-,19-,28?,31+/m1/s1. The van der Waals surface area contributed by atoms with Gasteiger partial charge >= 0.3 is 11.9 Å². The van der Waals surface area contributed by atoms with E-state index < -0.39 is 11.9 Å². The molecule has 44 heavy (non-hydrogen) atoms. The van der Waals surface area contributed by atoms with Gasteiger partial charge in [0, 0.05) is 70.0 Å². The van der Waals surface area contributed by atoms with Gasteiger partial charge in [0.2, 0.25) is 5.91 Å². The average Bonchev–Trinajstić information content (AvgIpc) is 3.59. The van der Waals surface area contributed by atoms with Crippen molar-refractivity contribution in [2.24, 2.45) is 16.8 Å². The van der Waals surface area contributed by atoms with Crippen molar-refractivity contribution in [3.63, 3.8) is 0 Å². The van der Waals surface area contributed by atoms with Crippen LogP contribution in [0.1, 0.15) is 80.6 Å². The van der Waals surface area contributed by atoms with Crippen LogP contribution in [0, 0.1) is 25.7 Å². The van der Waals surface area contributed by atoms with Gasteiger partial charge in [-0.3, -0.25) is 19.2 Å². The van der Waals surface area contributed by atoms with Gasteiger partial charge in [-0.2, -0.15) is 12.6 Å². The number of hydrogen-bond acceptors (Lipinski definition) is 5. The van der Waals surface area contributed by atoms with Crippen LogP contribution in [-0.2, 0) is 38.4 Å². The molecule has 2 aromatic rings. The summed E-state index contributed by atoms with van der Waals surface area (Å²) >= 11 is 4.66. The van der Waals surface area contributed by atoms with E-state index in [1.807, 2.05) is 53.7 Å². The molecule has 0 aliphatic carbocycles. The summed E-state index contributed by atoms with van der Waals surface area (Å²) in [5, 5.41) is 23.5. The number of nitrogens with one attached hydrogen (secondary N) is 3. The fourth-order valence-electron chi connectivity index (χ4n) is 6.61. The molecule has 0 saturated carbocycles. The number of amides is 2. The van der Waals surface area contributed by atoms with E-state index in [1.165, 1.54) is 0 Å². The summed E-state index contributed by atoms with van der Waals surface area (Å²) in [6.07, 6.45) is 5.32. The van der Waals surface area contributed by atoms with Crippen LogP contribution in [0.2, 0.25) is 0 Å². The molecule has 0 spiro atoms. The molecular weight excluding hydrogens is 580 g/mol. The van der Waals surface area contributed by atoms with Crippen LogP contribution >= 0.6 is 12.6 Å². The first-order chi connectivity index (χ1) is 20.7. The second-order valence-corrected chi connectivity index (χ2v) is 12.8. The summed E-state index contributed by atoms with van der Waals surface area (Å²) in [5.74, 6) is -2.19. The predicted octanol–water partition coefficient (Wildman–Crippen LogP) is 2.92. The molecular formula is C33H42N4O6S. The topological polar surface area (TPSA) is 165 Å². The highest BCUT2D eigenvalue weighted by Crippen LogP contribution is 2.32. The second-order valence-electron chi connectivity index (χ2n) is 11.9. The van der Waals surface area contributed by atoms with Gasteiger partial charge in [-0.1, -0.05) is 20.8 Å². The molecule has 1 fully saturated rings. The number of carboxylic acids is 2. The van der Waals surface area contributed by atoms with Crippen molar-refractivity contribution < 1.29 is 29.4 Å². The van der Waals surface area contributed by atoms with Crippen molar-refractivity contribution in [3.05, 3.63) is 55.5 Å². The van der Waals surface area contributed by atoms with E-state index in [0.717, 1.165) is 44.6 Å². The van der Waals surface area contributed by atoms with Gasteiger partial charge in [-0.25, -0.2) is 4.99 Å². The zero-order chi connectivity index (χ0) is 32.5. The van der Waals surface area contributed by atoms with Crippen molar-refractivity contribution in [3.8, 4) is 0 Å². The fourth-order valence-corrected chi connectivity index (χ4v) is 7.07. The highest BCUT2D eigenvalue weighted by Gasteiger charge is 2.41. The van der Waals surface area contributed by atoms with Crippen molar-refractivity contribution in [2.45, 2.75) is 91.4 Å². The smallest absolute Gasteiger partial charge is 0.303 e. The number of thiol groups is 1. The number of aromatic nitrogens is 2. The van der Waals surface area contributed by atoms with E-state index in [-0.39, 0.29) is 54.2 Å². The molecule has 2 aromatic heterocycles. The third-order valence-corrected chi connectivity index (χ3v) is 9.49. The Kier molecular flexibility index (Phi) is 10.1. The lowest BCUT2D eigenvalue weighted by Crippen LogP contribution is -2.34. The molecule has 11 heteroatoms. The summed E-state index contributed by atoms with van der Waals surface area (Å²) in [6.45, 7) is 11.6. The highest BCUT2D eigenvalue weighted by atomic mass is 32.1. The Morgan fingerprint density at radius 1 is 0.977 bits per heavy atom. The second kappa shape index (κ2) is 13.4. The zero-order valence-electron chi connectivity index (χ0n) is 26.1. The molecule has 0 bridgehead atoms. The van der Waals surface area contributed by atoms with Crippen LogP contribution in [-0.4, -0.2) is 60.9 Å². The number of aromatic amines is 2. The van der Waals surface area contributed by atoms with Crippen LogP contribution in [0.3, 0.4) is 0 Å². The summed E-state index contributed by atoms with van der Waals surface area (Å²) in [7, 11) is 0. The molecule has 0 aromatic carbocycles.